The summed E-state index contributed by atoms with van der Waals surface area (Å²) in [7, 11) is 0. The highest BCUT2D eigenvalue weighted by molar-refractivity contribution is 7.17. The van der Waals surface area contributed by atoms with Crippen LogP contribution in [-0.4, -0.2) is 19.0 Å². The molecule has 2 heterocycles. The van der Waals surface area contributed by atoms with E-state index in [0.717, 1.165) is 19.5 Å². The lowest BCUT2D eigenvalue weighted by Gasteiger charge is -2.09. The smallest absolute Gasteiger partial charge is 0.220 e. The Balaban J connectivity index is 1.54. The fourth-order valence-corrected chi connectivity index (χ4v) is 3.32. The van der Waals surface area contributed by atoms with E-state index in [1.165, 1.54) is 15.6 Å². The van der Waals surface area contributed by atoms with Crippen molar-refractivity contribution in [1.29, 1.82) is 0 Å². The van der Waals surface area contributed by atoms with Crippen molar-refractivity contribution in [1.82, 2.24) is 10.6 Å². The molecule has 3 nitrogen and oxygen atoms in total. The number of hydrogen-bond donors (Lipinski definition) is 2. The average molecular weight is 274 g/mol. The van der Waals surface area contributed by atoms with E-state index in [-0.39, 0.29) is 5.91 Å². The number of fused-ring (bicyclic) bond motifs is 1. The van der Waals surface area contributed by atoms with Crippen LogP contribution in [0.3, 0.4) is 0 Å². The summed E-state index contributed by atoms with van der Waals surface area (Å²) in [6.07, 6.45) is 1.77. The second kappa shape index (κ2) is 5.72. The highest BCUT2D eigenvalue weighted by atomic mass is 32.1. The summed E-state index contributed by atoms with van der Waals surface area (Å²) in [5.41, 5.74) is 1.17. The number of benzene rings is 1. The minimum atomic E-state index is 0.166. The van der Waals surface area contributed by atoms with Gasteiger partial charge in [0.05, 0.1) is 0 Å². The molecule has 2 N–H and O–H groups in total. The number of amides is 1. The van der Waals surface area contributed by atoms with Crippen LogP contribution in [0.25, 0.3) is 10.1 Å². The van der Waals surface area contributed by atoms with E-state index in [2.05, 4.69) is 40.3 Å². The summed E-state index contributed by atoms with van der Waals surface area (Å²) in [6, 6.07) is 8.50. The van der Waals surface area contributed by atoms with Gasteiger partial charge in [0.1, 0.15) is 0 Å². The Morgan fingerprint density at radius 2 is 2.37 bits per heavy atom. The monoisotopic (exact) mass is 274 g/mol. The topological polar surface area (TPSA) is 41.1 Å². The highest BCUT2D eigenvalue weighted by Crippen LogP contribution is 2.21. The molecule has 1 aliphatic heterocycles. The van der Waals surface area contributed by atoms with E-state index < -0.39 is 0 Å². The van der Waals surface area contributed by atoms with Crippen molar-refractivity contribution in [3.63, 3.8) is 0 Å². The number of carbonyl (C=O) groups excluding carboxylic acids is 1. The molecule has 0 spiro atoms. The fraction of sp³-hybridized carbons (Fsp3) is 0.400. The van der Waals surface area contributed by atoms with Gasteiger partial charge < -0.3 is 10.6 Å². The van der Waals surface area contributed by atoms with Gasteiger partial charge in [0.15, 0.2) is 0 Å². The molecule has 1 saturated heterocycles. The van der Waals surface area contributed by atoms with E-state index in [4.69, 9.17) is 0 Å². The molecule has 4 heteroatoms. The third-order valence-electron chi connectivity index (χ3n) is 3.64. The van der Waals surface area contributed by atoms with Crippen LogP contribution >= 0.6 is 11.3 Å². The lowest BCUT2D eigenvalue weighted by Crippen LogP contribution is -2.25. The number of rotatable bonds is 4. The zero-order valence-electron chi connectivity index (χ0n) is 10.8. The van der Waals surface area contributed by atoms with Crippen molar-refractivity contribution in [3.05, 3.63) is 35.2 Å². The molecule has 1 atom stereocenters. The molecule has 1 fully saturated rings. The number of nitrogens with one attached hydrogen (secondary N) is 2. The molecule has 3 rings (SSSR count). The molecule has 0 bridgehead atoms. The van der Waals surface area contributed by atoms with E-state index in [9.17, 15) is 4.79 Å². The Labute approximate surface area is 117 Å². The molecule has 19 heavy (non-hydrogen) atoms. The van der Waals surface area contributed by atoms with Gasteiger partial charge in [0, 0.05) is 17.7 Å². The standard InChI is InChI=1S/C15H18N2OS/c18-15(8-12-3-5-16-9-12)17-10-11-1-2-14-13(7-11)4-6-19-14/h1-2,4,6-7,12,16H,3,5,8-10H2,(H,17,18). The first-order valence-electron chi connectivity index (χ1n) is 6.75. The molecule has 1 aromatic carbocycles. The molecular weight excluding hydrogens is 256 g/mol. The number of hydrogen-bond acceptors (Lipinski definition) is 3. The van der Waals surface area contributed by atoms with Crippen LogP contribution in [0.1, 0.15) is 18.4 Å². The molecule has 1 aromatic heterocycles. The zero-order chi connectivity index (χ0) is 13.1. The minimum Gasteiger partial charge on any atom is -0.352 e. The molecule has 2 aromatic rings. The Hall–Kier alpha value is -1.39. The first-order valence-corrected chi connectivity index (χ1v) is 7.63. The number of thiophene rings is 1. The van der Waals surface area contributed by atoms with Crippen LogP contribution in [0.4, 0.5) is 0 Å². The molecular formula is C15H18N2OS. The summed E-state index contributed by atoms with van der Waals surface area (Å²) in [5.74, 6) is 0.679. The van der Waals surface area contributed by atoms with Crippen molar-refractivity contribution in [2.45, 2.75) is 19.4 Å². The van der Waals surface area contributed by atoms with Crippen molar-refractivity contribution >= 4 is 27.3 Å². The van der Waals surface area contributed by atoms with Gasteiger partial charge >= 0.3 is 0 Å². The Morgan fingerprint density at radius 3 is 3.21 bits per heavy atom. The molecule has 1 amide bonds. The highest BCUT2D eigenvalue weighted by Gasteiger charge is 2.17. The third kappa shape index (κ3) is 3.14. The van der Waals surface area contributed by atoms with Crippen LogP contribution in [0.2, 0.25) is 0 Å². The first-order chi connectivity index (χ1) is 9.31. The molecule has 100 valence electrons. The van der Waals surface area contributed by atoms with Gasteiger partial charge in [-0.1, -0.05) is 6.07 Å². The summed E-state index contributed by atoms with van der Waals surface area (Å²) >= 11 is 1.75. The Bertz CT molecular complexity index is 572. The molecule has 0 aliphatic carbocycles. The lowest BCUT2D eigenvalue weighted by molar-refractivity contribution is -0.122. The number of carbonyl (C=O) groups is 1. The van der Waals surface area contributed by atoms with Gasteiger partial charge in [-0.25, -0.2) is 0 Å². The summed E-state index contributed by atoms with van der Waals surface area (Å²) in [6.45, 7) is 2.66. The second-order valence-electron chi connectivity index (χ2n) is 5.13. The quantitative estimate of drug-likeness (QED) is 0.899. The summed E-state index contributed by atoms with van der Waals surface area (Å²) in [4.78, 5) is 11.8. The van der Waals surface area contributed by atoms with Crippen LogP contribution in [0.15, 0.2) is 29.6 Å². The molecule has 0 saturated carbocycles. The zero-order valence-corrected chi connectivity index (χ0v) is 11.6. The maximum atomic E-state index is 11.8. The van der Waals surface area contributed by atoms with Gasteiger partial charge in [0.25, 0.3) is 0 Å². The van der Waals surface area contributed by atoms with Gasteiger partial charge in [-0.3, -0.25) is 4.79 Å². The van der Waals surface area contributed by atoms with E-state index in [1.54, 1.807) is 11.3 Å². The Morgan fingerprint density at radius 1 is 1.42 bits per heavy atom. The largest absolute Gasteiger partial charge is 0.352 e. The Kier molecular flexibility index (Phi) is 3.80. The molecule has 0 radical (unpaired) electrons. The first kappa shape index (κ1) is 12.6. The van der Waals surface area contributed by atoms with Gasteiger partial charge in [-0.2, -0.15) is 0 Å². The van der Waals surface area contributed by atoms with Crippen molar-refractivity contribution in [2.24, 2.45) is 5.92 Å². The molecule has 1 unspecified atom stereocenters. The van der Waals surface area contributed by atoms with Crippen molar-refractivity contribution in [3.8, 4) is 0 Å². The van der Waals surface area contributed by atoms with Gasteiger partial charge in [-0.05, 0) is 60.0 Å². The maximum Gasteiger partial charge on any atom is 0.220 e. The van der Waals surface area contributed by atoms with Gasteiger partial charge in [0.2, 0.25) is 5.91 Å². The predicted octanol–water partition coefficient (Wildman–Crippen LogP) is 2.52. The minimum absolute atomic E-state index is 0.166. The maximum absolute atomic E-state index is 11.8. The van der Waals surface area contributed by atoms with E-state index in [0.29, 0.717) is 18.9 Å². The van der Waals surface area contributed by atoms with Crippen molar-refractivity contribution in [2.75, 3.05) is 13.1 Å². The summed E-state index contributed by atoms with van der Waals surface area (Å²) < 4.78 is 1.30. The van der Waals surface area contributed by atoms with Crippen molar-refractivity contribution < 1.29 is 4.79 Å². The van der Waals surface area contributed by atoms with E-state index >= 15 is 0 Å². The third-order valence-corrected chi connectivity index (χ3v) is 4.54. The normalized spacial score (nSPS) is 18.8. The van der Waals surface area contributed by atoms with Gasteiger partial charge in [-0.15, -0.1) is 11.3 Å². The lowest BCUT2D eigenvalue weighted by atomic mass is 10.0. The SMILES string of the molecule is O=C(CC1CCNC1)NCc1ccc2sccc2c1. The fourth-order valence-electron chi connectivity index (χ4n) is 2.55. The predicted molar refractivity (Wildman–Crippen MR) is 79.3 cm³/mol. The second-order valence-corrected chi connectivity index (χ2v) is 6.08. The average Bonchev–Trinajstić information content (AvgIpc) is 3.06. The van der Waals surface area contributed by atoms with Crippen LogP contribution in [0, 0.1) is 5.92 Å². The van der Waals surface area contributed by atoms with E-state index in [1.807, 2.05) is 0 Å². The van der Waals surface area contributed by atoms with Crippen LogP contribution < -0.4 is 10.6 Å². The molecule has 1 aliphatic rings. The van der Waals surface area contributed by atoms with Crippen LogP contribution in [-0.2, 0) is 11.3 Å². The van der Waals surface area contributed by atoms with Crippen LogP contribution in [0.5, 0.6) is 0 Å². The summed E-state index contributed by atoms with van der Waals surface area (Å²) in [5, 5.41) is 9.67.